The molecule has 0 radical (unpaired) electrons. The Morgan fingerprint density at radius 2 is 2.19 bits per heavy atom. The number of nitrogens with zero attached hydrogens (tertiary/aromatic N) is 2. The third-order valence-corrected chi connectivity index (χ3v) is 4.13. The molecule has 5 heteroatoms. The molecule has 0 aliphatic heterocycles. The normalized spacial score (nSPS) is 10.8. The minimum Gasteiger partial charge on any atom is -0.497 e. The number of hydrogen-bond donors (Lipinski definition) is 1. The second-order valence-electron chi connectivity index (χ2n) is 4.78. The molecule has 3 aromatic rings. The summed E-state index contributed by atoms with van der Waals surface area (Å²) in [6.07, 6.45) is 2.72. The van der Waals surface area contributed by atoms with Crippen LogP contribution in [0.25, 0.3) is 10.8 Å². The van der Waals surface area contributed by atoms with Crippen molar-refractivity contribution in [3.05, 3.63) is 46.5 Å². The molecule has 0 amide bonds. The predicted octanol–water partition coefficient (Wildman–Crippen LogP) is 3.66. The van der Waals surface area contributed by atoms with Gasteiger partial charge in [0.2, 0.25) is 0 Å². The highest BCUT2D eigenvalue weighted by molar-refractivity contribution is 7.09. The summed E-state index contributed by atoms with van der Waals surface area (Å²) in [5.74, 6) is 1.76. The Bertz CT molecular complexity index is 754. The number of fused-ring (bicyclic) bond motifs is 1. The number of thiazole rings is 1. The smallest absolute Gasteiger partial charge is 0.133 e. The highest BCUT2D eigenvalue weighted by Crippen LogP contribution is 2.25. The van der Waals surface area contributed by atoms with Gasteiger partial charge in [-0.25, -0.2) is 9.97 Å². The molecule has 0 fully saturated rings. The second-order valence-corrected chi connectivity index (χ2v) is 5.84. The van der Waals surface area contributed by atoms with E-state index in [1.54, 1.807) is 18.4 Å². The average Bonchev–Trinajstić information content (AvgIpc) is 2.92. The molecule has 2 aromatic heterocycles. The maximum atomic E-state index is 5.26. The standard InChI is InChI=1S/C16H17N3OS/c1-11-19-13(10-21-11)6-8-18-16-15-4-3-14(20-2)9-12(15)5-7-17-16/h3-5,7,9-10H,6,8H2,1-2H3,(H,17,18). The SMILES string of the molecule is COc1ccc2c(NCCc3csc(C)n3)nccc2c1. The van der Waals surface area contributed by atoms with Gasteiger partial charge in [0, 0.05) is 29.9 Å². The van der Waals surface area contributed by atoms with E-state index < -0.39 is 0 Å². The van der Waals surface area contributed by atoms with Crippen molar-refractivity contribution in [2.45, 2.75) is 13.3 Å². The van der Waals surface area contributed by atoms with Gasteiger partial charge >= 0.3 is 0 Å². The van der Waals surface area contributed by atoms with Gasteiger partial charge in [0.1, 0.15) is 11.6 Å². The number of methoxy groups -OCH3 is 1. The summed E-state index contributed by atoms with van der Waals surface area (Å²) in [6.45, 7) is 2.85. The Morgan fingerprint density at radius 3 is 2.95 bits per heavy atom. The third kappa shape index (κ3) is 3.13. The monoisotopic (exact) mass is 299 g/mol. The fourth-order valence-electron chi connectivity index (χ4n) is 2.26. The Kier molecular flexibility index (Phi) is 4.01. The van der Waals surface area contributed by atoms with Gasteiger partial charge in [-0.1, -0.05) is 0 Å². The van der Waals surface area contributed by atoms with E-state index in [1.807, 2.05) is 37.4 Å². The first-order valence-corrected chi connectivity index (χ1v) is 7.72. The van der Waals surface area contributed by atoms with Gasteiger partial charge in [0.15, 0.2) is 0 Å². The van der Waals surface area contributed by atoms with Crippen LogP contribution in [0.5, 0.6) is 5.75 Å². The van der Waals surface area contributed by atoms with E-state index in [4.69, 9.17) is 4.74 Å². The molecule has 0 spiro atoms. The van der Waals surface area contributed by atoms with Gasteiger partial charge in [0.25, 0.3) is 0 Å². The molecule has 2 heterocycles. The van der Waals surface area contributed by atoms with E-state index in [2.05, 4.69) is 20.7 Å². The van der Waals surface area contributed by atoms with Crippen LogP contribution in [0.4, 0.5) is 5.82 Å². The van der Waals surface area contributed by atoms with Crippen LogP contribution in [-0.2, 0) is 6.42 Å². The highest BCUT2D eigenvalue weighted by atomic mass is 32.1. The summed E-state index contributed by atoms with van der Waals surface area (Å²) in [5.41, 5.74) is 1.13. The van der Waals surface area contributed by atoms with E-state index >= 15 is 0 Å². The van der Waals surface area contributed by atoms with Crippen molar-refractivity contribution in [3.63, 3.8) is 0 Å². The minimum atomic E-state index is 0.821. The van der Waals surface area contributed by atoms with E-state index in [1.165, 1.54) is 0 Å². The average molecular weight is 299 g/mol. The van der Waals surface area contributed by atoms with Crippen molar-refractivity contribution in [3.8, 4) is 5.75 Å². The number of nitrogens with one attached hydrogen (secondary N) is 1. The quantitative estimate of drug-likeness (QED) is 0.781. The van der Waals surface area contributed by atoms with Crippen molar-refractivity contribution < 1.29 is 4.74 Å². The molecule has 0 saturated carbocycles. The van der Waals surface area contributed by atoms with E-state index in [0.29, 0.717) is 0 Å². The van der Waals surface area contributed by atoms with Gasteiger partial charge in [-0.2, -0.15) is 0 Å². The van der Waals surface area contributed by atoms with Gasteiger partial charge in [-0.05, 0) is 36.6 Å². The lowest BCUT2D eigenvalue weighted by molar-refractivity contribution is 0.415. The number of benzene rings is 1. The minimum absolute atomic E-state index is 0.821. The zero-order chi connectivity index (χ0) is 14.7. The number of aryl methyl sites for hydroxylation is 1. The number of ether oxygens (including phenoxy) is 1. The molecule has 0 saturated heterocycles. The largest absolute Gasteiger partial charge is 0.497 e. The summed E-state index contributed by atoms with van der Waals surface area (Å²) in [6, 6.07) is 8.01. The molecule has 1 aromatic carbocycles. The van der Waals surface area contributed by atoms with Crippen LogP contribution in [0.15, 0.2) is 35.8 Å². The summed E-state index contributed by atoms with van der Waals surface area (Å²) in [7, 11) is 1.68. The molecule has 4 nitrogen and oxygen atoms in total. The molecule has 0 atom stereocenters. The van der Waals surface area contributed by atoms with Crippen LogP contribution >= 0.6 is 11.3 Å². The molecule has 1 N–H and O–H groups in total. The fraction of sp³-hybridized carbons (Fsp3) is 0.250. The topological polar surface area (TPSA) is 47.0 Å². The summed E-state index contributed by atoms with van der Waals surface area (Å²) >= 11 is 1.69. The first-order valence-electron chi connectivity index (χ1n) is 6.84. The zero-order valence-corrected chi connectivity index (χ0v) is 12.9. The van der Waals surface area contributed by atoms with Crippen LogP contribution < -0.4 is 10.1 Å². The summed E-state index contributed by atoms with van der Waals surface area (Å²) < 4.78 is 5.26. The van der Waals surface area contributed by atoms with Gasteiger partial charge in [-0.15, -0.1) is 11.3 Å². The molecule has 0 aliphatic carbocycles. The first kappa shape index (κ1) is 13.8. The summed E-state index contributed by atoms with van der Waals surface area (Å²) in [5, 5.41) is 8.84. The van der Waals surface area contributed by atoms with Crippen molar-refractivity contribution >= 4 is 27.9 Å². The highest BCUT2D eigenvalue weighted by Gasteiger charge is 2.04. The number of rotatable bonds is 5. The number of hydrogen-bond acceptors (Lipinski definition) is 5. The van der Waals surface area contributed by atoms with Crippen LogP contribution in [0.2, 0.25) is 0 Å². The molecular formula is C16H17N3OS. The predicted molar refractivity (Wildman–Crippen MR) is 87.3 cm³/mol. The summed E-state index contributed by atoms with van der Waals surface area (Å²) in [4.78, 5) is 8.90. The van der Waals surface area contributed by atoms with E-state index in [-0.39, 0.29) is 0 Å². The van der Waals surface area contributed by atoms with E-state index in [0.717, 1.165) is 46.0 Å². The molecule has 3 rings (SSSR count). The Hall–Kier alpha value is -2.14. The Morgan fingerprint density at radius 1 is 1.29 bits per heavy atom. The number of aromatic nitrogens is 2. The van der Waals surface area contributed by atoms with Crippen molar-refractivity contribution in [1.29, 1.82) is 0 Å². The maximum Gasteiger partial charge on any atom is 0.133 e. The Balaban J connectivity index is 1.74. The van der Waals surface area contributed by atoms with Crippen LogP contribution in [0, 0.1) is 6.92 Å². The lowest BCUT2D eigenvalue weighted by Gasteiger charge is -2.09. The second kappa shape index (κ2) is 6.10. The Labute approximate surface area is 127 Å². The molecule has 21 heavy (non-hydrogen) atoms. The zero-order valence-electron chi connectivity index (χ0n) is 12.1. The lowest BCUT2D eigenvalue weighted by atomic mass is 10.1. The van der Waals surface area contributed by atoms with Crippen LogP contribution in [-0.4, -0.2) is 23.6 Å². The van der Waals surface area contributed by atoms with Gasteiger partial charge in [-0.3, -0.25) is 0 Å². The molecule has 108 valence electrons. The number of pyridine rings is 1. The van der Waals surface area contributed by atoms with Crippen molar-refractivity contribution in [1.82, 2.24) is 9.97 Å². The third-order valence-electron chi connectivity index (χ3n) is 3.31. The molecule has 0 unspecified atom stereocenters. The van der Waals surface area contributed by atoms with E-state index in [9.17, 15) is 0 Å². The van der Waals surface area contributed by atoms with Crippen molar-refractivity contribution in [2.24, 2.45) is 0 Å². The lowest BCUT2D eigenvalue weighted by Crippen LogP contribution is -2.06. The maximum absolute atomic E-state index is 5.26. The van der Waals surface area contributed by atoms with Crippen LogP contribution in [0.3, 0.4) is 0 Å². The number of anilines is 1. The van der Waals surface area contributed by atoms with Gasteiger partial charge in [0.05, 0.1) is 17.8 Å². The fourth-order valence-corrected chi connectivity index (χ4v) is 2.90. The van der Waals surface area contributed by atoms with Crippen LogP contribution in [0.1, 0.15) is 10.7 Å². The molecule has 0 bridgehead atoms. The first-order chi connectivity index (χ1) is 10.3. The van der Waals surface area contributed by atoms with Gasteiger partial charge < -0.3 is 10.1 Å². The molecular weight excluding hydrogens is 282 g/mol. The van der Waals surface area contributed by atoms with Crippen molar-refractivity contribution in [2.75, 3.05) is 19.0 Å². The molecule has 0 aliphatic rings.